The third-order valence-electron chi connectivity index (χ3n) is 9.90. The molecule has 0 radical (unpaired) electrons. The summed E-state index contributed by atoms with van der Waals surface area (Å²) in [6.45, 7) is 11.6. The fourth-order valence-electron chi connectivity index (χ4n) is 8.11. The van der Waals surface area contributed by atoms with Crippen LogP contribution >= 0.6 is 0 Å². The third kappa shape index (κ3) is 4.17. The first-order valence-electron chi connectivity index (χ1n) is 12.0. The summed E-state index contributed by atoms with van der Waals surface area (Å²) in [6.07, 6.45) is 12.1. The van der Waals surface area contributed by atoms with Crippen molar-refractivity contribution in [2.24, 2.45) is 34.5 Å². The highest BCUT2D eigenvalue weighted by atomic mass is 16.5. The highest BCUT2D eigenvalue weighted by Crippen LogP contribution is 2.67. The Morgan fingerprint density at radius 3 is 2.28 bits per heavy atom. The standard InChI is InChI=1S/C25H44O3.CH4/c1-22(2,26)14-15-28-21-9-8-19-18-7-6-17-16-23(3,27)12-13-24(17,4)20(18)10-11-25(19,21)5;/h17-21,26-27H,6-16H2,1-5H3;1H4/t17-,18?,19?,20?,21-,23-,24-,25-;/m0./s1. The quantitative estimate of drug-likeness (QED) is 0.603. The lowest BCUT2D eigenvalue weighted by Crippen LogP contribution is -2.56. The van der Waals surface area contributed by atoms with Gasteiger partial charge in [-0.25, -0.2) is 0 Å². The molecular formula is C26H48O3. The summed E-state index contributed by atoms with van der Waals surface area (Å²) < 4.78 is 6.40. The van der Waals surface area contributed by atoms with E-state index in [1.165, 1.54) is 44.9 Å². The van der Waals surface area contributed by atoms with Gasteiger partial charge in [0, 0.05) is 6.61 Å². The Hall–Kier alpha value is -0.120. The van der Waals surface area contributed by atoms with Crippen molar-refractivity contribution in [1.29, 1.82) is 0 Å². The van der Waals surface area contributed by atoms with E-state index in [0.29, 0.717) is 29.5 Å². The van der Waals surface area contributed by atoms with Crippen molar-refractivity contribution < 1.29 is 14.9 Å². The fourth-order valence-corrected chi connectivity index (χ4v) is 8.11. The molecule has 4 rings (SSSR count). The van der Waals surface area contributed by atoms with E-state index >= 15 is 0 Å². The van der Waals surface area contributed by atoms with E-state index in [0.717, 1.165) is 37.0 Å². The van der Waals surface area contributed by atoms with Gasteiger partial charge in [-0.15, -0.1) is 0 Å². The molecule has 0 saturated heterocycles. The van der Waals surface area contributed by atoms with Crippen LogP contribution < -0.4 is 0 Å². The van der Waals surface area contributed by atoms with E-state index < -0.39 is 11.2 Å². The Bertz CT molecular complexity index is 579. The fraction of sp³-hybridized carbons (Fsp3) is 1.00. The van der Waals surface area contributed by atoms with Crippen molar-refractivity contribution >= 4 is 0 Å². The number of rotatable bonds is 4. The molecule has 4 aliphatic carbocycles. The number of hydrogen-bond acceptors (Lipinski definition) is 3. The van der Waals surface area contributed by atoms with Gasteiger partial charge in [0.1, 0.15) is 0 Å². The molecule has 0 aromatic carbocycles. The molecule has 0 bridgehead atoms. The van der Waals surface area contributed by atoms with E-state index in [4.69, 9.17) is 4.74 Å². The minimum atomic E-state index is -0.633. The number of ether oxygens (including phenoxy) is 1. The average Bonchev–Trinajstić information content (AvgIpc) is 2.91. The summed E-state index contributed by atoms with van der Waals surface area (Å²) in [4.78, 5) is 0. The maximum atomic E-state index is 10.7. The van der Waals surface area contributed by atoms with Crippen LogP contribution in [0.25, 0.3) is 0 Å². The topological polar surface area (TPSA) is 49.7 Å². The highest BCUT2D eigenvalue weighted by Gasteiger charge is 2.61. The van der Waals surface area contributed by atoms with Crippen LogP contribution in [-0.2, 0) is 4.74 Å². The first-order chi connectivity index (χ1) is 12.9. The SMILES string of the molecule is C.CC(C)(O)CCO[C@H]1CCC2C3CC[C@H]4C[C@@](C)(O)CC[C@]4(C)C3CC[C@@]21C. The number of hydrogen-bond donors (Lipinski definition) is 2. The Morgan fingerprint density at radius 2 is 1.59 bits per heavy atom. The second-order valence-corrected chi connectivity index (χ2v) is 12.4. The van der Waals surface area contributed by atoms with Gasteiger partial charge in [0.2, 0.25) is 0 Å². The van der Waals surface area contributed by atoms with Crippen LogP contribution in [0.4, 0.5) is 0 Å². The Balaban J connectivity index is 0.00000240. The molecule has 8 atom stereocenters. The minimum absolute atomic E-state index is 0. The molecule has 4 fully saturated rings. The van der Waals surface area contributed by atoms with Crippen LogP contribution in [0, 0.1) is 34.5 Å². The molecule has 0 heterocycles. The molecule has 3 heteroatoms. The largest absolute Gasteiger partial charge is 0.390 e. The molecule has 0 spiro atoms. The van der Waals surface area contributed by atoms with Crippen molar-refractivity contribution in [3.8, 4) is 0 Å². The normalized spacial score (nSPS) is 49.6. The first kappa shape index (κ1) is 23.5. The zero-order valence-electron chi connectivity index (χ0n) is 19.0. The maximum Gasteiger partial charge on any atom is 0.0631 e. The average molecular weight is 409 g/mol. The lowest BCUT2D eigenvalue weighted by Gasteiger charge is -2.61. The van der Waals surface area contributed by atoms with Crippen LogP contribution in [-0.4, -0.2) is 34.1 Å². The Labute approximate surface area is 180 Å². The third-order valence-corrected chi connectivity index (χ3v) is 9.90. The van der Waals surface area contributed by atoms with Crippen LogP contribution in [0.5, 0.6) is 0 Å². The van der Waals surface area contributed by atoms with Crippen LogP contribution in [0.1, 0.15) is 106 Å². The highest BCUT2D eigenvalue weighted by molar-refractivity contribution is 5.10. The van der Waals surface area contributed by atoms with E-state index in [1.54, 1.807) is 0 Å². The molecule has 0 aliphatic heterocycles. The van der Waals surface area contributed by atoms with Crippen LogP contribution in [0.15, 0.2) is 0 Å². The summed E-state index contributed by atoms with van der Waals surface area (Å²) in [7, 11) is 0. The molecular weight excluding hydrogens is 360 g/mol. The van der Waals surface area contributed by atoms with Gasteiger partial charge in [0.15, 0.2) is 0 Å². The molecule has 3 unspecified atom stereocenters. The van der Waals surface area contributed by atoms with Gasteiger partial charge in [-0.2, -0.15) is 0 Å². The van der Waals surface area contributed by atoms with Crippen molar-refractivity contribution in [3.63, 3.8) is 0 Å². The van der Waals surface area contributed by atoms with Gasteiger partial charge < -0.3 is 14.9 Å². The van der Waals surface area contributed by atoms with E-state index in [-0.39, 0.29) is 7.43 Å². The second kappa shape index (κ2) is 7.78. The van der Waals surface area contributed by atoms with Gasteiger partial charge >= 0.3 is 0 Å². The lowest BCUT2D eigenvalue weighted by molar-refractivity contribution is -0.156. The summed E-state index contributed by atoms with van der Waals surface area (Å²) in [5, 5.41) is 20.7. The summed E-state index contributed by atoms with van der Waals surface area (Å²) >= 11 is 0. The lowest BCUT2D eigenvalue weighted by atomic mass is 9.44. The predicted molar refractivity (Wildman–Crippen MR) is 120 cm³/mol. The van der Waals surface area contributed by atoms with Crippen LogP contribution in [0.3, 0.4) is 0 Å². The van der Waals surface area contributed by atoms with Crippen LogP contribution in [0.2, 0.25) is 0 Å². The molecule has 3 nitrogen and oxygen atoms in total. The molecule has 170 valence electrons. The minimum Gasteiger partial charge on any atom is -0.390 e. The zero-order valence-corrected chi connectivity index (χ0v) is 19.0. The zero-order chi connectivity index (χ0) is 20.4. The van der Waals surface area contributed by atoms with Crippen molar-refractivity contribution in [3.05, 3.63) is 0 Å². The summed E-state index contributed by atoms with van der Waals surface area (Å²) in [6, 6.07) is 0. The molecule has 0 aromatic heterocycles. The molecule has 29 heavy (non-hydrogen) atoms. The van der Waals surface area contributed by atoms with Crippen molar-refractivity contribution in [2.45, 2.75) is 124 Å². The van der Waals surface area contributed by atoms with E-state index in [9.17, 15) is 10.2 Å². The van der Waals surface area contributed by atoms with E-state index in [1.807, 2.05) is 13.8 Å². The number of aliphatic hydroxyl groups is 2. The molecule has 0 amide bonds. The summed E-state index contributed by atoms with van der Waals surface area (Å²) in [5.41, 5.74) is -0.310. The molecule has 0 aromatic rings. The van der Waals surface area contributed by atoms with Gasteiger partial charge in [-0.3, -0.25) is 0 Å². The van der Waals surface area contributed by atoms with Crippen molar-refractivity contribution in [1.82, 2.24) is 0 Å². The molecule has 4 saturated carbocycles. The first-order valence-corrected chi connectivity index (χ1v) is 12.0. The monoisotopic (exact) mass is 408 g/mol. The van der Waals surface area contributed by atoms with Gasteiger partial charge in [0.05, 0.1) is 17.3 Å². The van der Waals surface area contributed by atoms with Crippen molar-refractivity contribution in [2.75, 3.05) is 6.61 Å². The Kier molecular flexibility index (Phi) is 6.32. The molecule has 2 N–H and O–H groups in total. The van der Waals surface area contributed by atoms with Gasteiger partial charge in [-0.05, 0) is 119 Å². The maximum absolute atomic E-state index is 10.7. The second-order valence-electron chi connectivity index (χ2n) is 12.4. The van der Waals surface area contributed by atoms with E-state index in [2.05, 4.69) is 20.8 Å². The summed E-state index contributed by atoms with van der Waals surface area (Å²) in [5.74, 6) is 3.21. The smallest absolute Gasteiger partial charge is 0.0631 e. The Morgan fingerprint density at radius 1 is 0.897 bits per heavy atom. The van der Waals surface area contributed by atoms with Gasteiger partial charge in [0.25, 0.3) is 0 Å². The predicted octanol–water partition coefficient (Wildman–Crippen LogP) is 5.96. The van der Waals surface area contributed by atoms with Gasteiger partial charge in [-0.1, -0.05) is 21.3 Å². The molecule has 4 aliphatic rings. The number of fused-ring (bicyclic) bond motifs is 5.